The highest BCUT2D eigenvalue weighted by Crippen LogP contribution is 2.42. The SMILES string of the molecule is Oc1cccc(C2Oc3cccc(O)c3CC2O)c1O. The summed E-state index contributed by atoms with van der Waals surface area (Å²) in [7, 11) is 0. The number of hydrogen-bond acceptors (Lipinski definition) is 5. The maximum Gasteiger partial charge on any atom is 0.164 e. The Kier molecular flexibility index (Phi) is 2.91. The summed E-state index contributed by atoms with van der Waals surface area (Å²) in [5.41, 5.74) is 0.849. The van der Waals surface area contributed by atoms with Gasteiger partial charge in [-0.3, -0.25) is 0 Å². The number of phenolic OH excluding ortho intramolecular Hbond substituents is 3. The molecule has 5 nitrogen and oxygen atoms in total. The average Bonchev–Trinajstić information content (AvgIpc) is 2.43. The largest absolute Gasteiger partial charge is 0.508 e. The summed E-state index contributed by atoms with van der Waals surface area (Å²) in [6.45, 7) is 0. The van der Waals surface area contributed by atoms with Crippen molar-refractivity contribution in [1.82, 2.24) is 0 Å². The molecule has 2 aromatic rings. The lowest BCUT2D eigenvalue weighted by Gasteiger charge is -2.31. The Hall–Kier alpha value is -2.40. The van der Waals surface area contributed by atoms with Gasteiger partial charge in [-0.25, -0.2) is 0 Å². The third-order valence-electron chi connectivity index (χ3n) is 3.48. The van der Waals surface area contributed by atoms with E-state index in [0.717, 1.165) is 0 Å². The van der Waals surface area contributed by atoms with Crippen LogP contribution in [0.3, 0.4) is 0 Å². The molecule has 1 aliphatic rings. The van der Waals surface area contributed by atoms with Crippen LogP contribution in [0.15, 0.2) is 36.4 Å². The van der Waals surface area contributed by atoms with Crippen LogP contribution in [0.4, 0.5) is 0 Å². The lowest BCUT2D eigenvalue weighted by molar-refractivity contribution is 0.0186. The summed E-state index contributed by atoms with van der Waals surface area (Å²) < 4.78 is 5.67. The summed E-state index contributed by atoms with van der Waals surface area (Å²) in [4.78, 5) is 0. The van der Waals surface area contributed by atoms with E-state index >= 15 is 0 Å². The molecule has 2 aromatic carbocycles. The Morgan fingerprint density at radius 2 is 1.65 bits per heavy atom. The van der Waals surface area contributed by atoms with E-state index in [9.17, 15) is 20.4 Å². The second-order valence-corrected chi connectivity index (χ2v) is 4.78. The molecule has 2 atom stereocenters. The van der Waals surface area contributed by atoms with Gasteiger partial charge in [-0.05, 0) is 18.2 Å². The molecule has 0 aliphatic carbocycles. The number of phenols is 3. The van der Waals surface area contributed by atoms with Gasteiger partial charge in [0, 0.05) is 17.5 Å². The zero-order chi connectivity index (χ0) is 14.3. The van der Waals surface area contributed by atoms with E-state index < -0.39 is 12.2 Å². The first kappa shape index (κ1) is 12.6. The van der Waals surface area contributed by atoms with Crippen LogP contribution >= 0.6 is 0 Å². The quantitative estimate of drug-likeness (QED) is 0.596. The van der Waals surface area contributed by atoms with Crippen molar-refractivity contribution >= 4 is 0 Å². The lowest BCUT2D eigenvalue weighted by Crippen LogP contribution is -2.30. The van der Waals surface area contributed by atoms with Crippen molar-refractivity contribution in [3.05, 3.63) is 47.5 Å². The highest BCUT2D eigenvalue weighted by molar-refractivity contribution is 5.50. The van der Waals surface area contributed by atoms with Crippen molar-refractivity contribution in [1.29, 1.82) is 0 Å². The number of ether oxygens (including phenoxy) is 1. The van der Waals surface area contributed by atoms with E-state index in [-0.39, 0.29) is 23.7 Å². The van der Waals surface area contributed by atoms with Gasteiger partial charge in [0.2, 0.25) is 0 Å². The molecule has 0 aromatic heterocycles. The van der Waals surface area contributed by atoms with Crippen LogP contribution in [0.2, 0.25) is 0 Å². The van der Waals surface area contributed by atoms with Crippen molar-refractivity contribution in [2.45, 2.75) is 18.6 Å². The van der Waals surface area contributed by atoms with Crippen molar-refractivity contribution in [3.63, 3.8) is 0 Å². The third-order valence-corrected chi connectivity index (χ3v) is 3.48. The van der Waals surface area contributed by atoms with Crippen LogP contribution in [0.5, 0.6) is 23.0 Å². The molecule has 5 heteroatoms. The molecule has 0 fully saturated rings. The van der Waals surface area contributed by atoms with Crippen molar-refractivity contribution < 1.29 is 25.2 Å². The fourth-order valence-electron chi connectivity index (χ4n) is 2.45. The van der Waals surface area contributed by atoms with Gasteiger partial charge in [0.25, 0.3) is 0 Å². The standard InChI is InChI=1S/C15H14O5/c16-10-4-2-6-13-9(10)7-12(18)15(20-13)8-3-1-5-11(17)14(8)19/h1-6,12,15-19H,7H2. The van der Waals surface area contributed by atoms with Crippen LogP contribution in [-0.2, 0) is 6.42 Å². The summed E-state index contributed by atoms with van der Waals surface area (Å²) in [6, 6.07) is 9.36. The van der Waals surface area contributed by atoms with Crippen LogP contribution in [-0.4, -0.2) is 26.5 Å². The highest BCUT2D eigenvalue weighted by atomic mass is 16.5. The van der Waals surface area contributed by atoms with E-state index in [2.05, 4.69) is 0 Å². The minimum Gasteiger partial charge on any atom is -0.508 e. The number of rotatable bonds is 1. The molecule has 0 saturated heterocycles. The Bertz CT molecular complexity index is 653. The number of aliphatic hydroxyl groups excluding tert-OH is 1. The summed E-state index contributed by atoms with van der Waals surface area (Å²) in [6.07, 6.45) is -1.51. The van der Waals surface area contributed by atoms with Crippen LogP contribution < -0.4 is 4.74 Å². The molecule has 4 N–H and O–H groups in total. The molecule has 0 spiro atoms. The summed E-state index contributed by atoms with van der Waals surface area (Å²) >= 11 is 0. The van der Waals surface area contributed by atoms with E-state index in [0.29, 0.717) is 16.9 Å². The lowest BCUT2D eigenvalue weighted by atomic mass is 9.93. The molecule has 1 aliphatic heterocycles. The van der Waals surface area contributed by atoms with E-state index in [1.807, 2.05) is 0 Å². The second kappa shape index (κ2) is 4.61. The molecule has 20 heavy (non-hydrogen) atoms. The van der Waals surface area contributed by atoms with E-state index in [1.165, 1.54) is 12.1 Å². The van der Waals surface area contributed by atoms with Gasteiger partial charge in [0.1, 0.15) is 11.5 Å². The van der Waals surface area contributed by atoms with Crippen LogP contribution in [0.25, 0.3) is 0 Å². The molecule has 2 unspecified atom stereocenters. The molecule has 0 saturated carbocycles. The van der Waals surface area contributed by atoms with Gasteiger partial charge in [0.15, 0.2) is 17.6 Å². The Morgan fingerprint density at radius 3 is 2.45 bits per heavy atom. The summed E-state index contributed by atoms with van der Waals surface area (Å²) in [5.74, 6) is -0.0386. The second-order valence-electron chi connectivity index (χ2n) is 4.78. The minimum atomic E-state index is -0.927. The average molecular weight is 274 g/mol. The third kappa shape index (κ3) is 1.92. The number of para-hydroxylation sites is 1. The Morgan fingerprint density at radius 1 is 0.950 bits per heavy atom. The highest BCUT2D eigenvalue weighted by Gasteiger charge is 2.33. The van der Waals surface area contributed by atoms with Gasteiger partial charge in [0.05, 0.1) is 6.10 Å². The smallest absolute Gasteiger partial charge is 0.164 e. The molecule has 104 valence electrons. The zero-order valence-electron chi connectivity index (χ0n) is 10.5. The van der Waals surface area contributed by atoms with Crippen molar-refractivity contribution in [2.24, 2.45) is 0 Å². The fraction of sp³-hybridized carbons (Fsp3) is 0.200. The topological polar surface area (TPSA) is 90.2 Å². The first-order valence-electron chi connectivity index (χ1n) is 6.24. The van der Waals surface area contributed by atoms with Gasteiger partial charge < -0.3 is 25.2 Å². The number of hydrogen-bond donors (Lipinski definition) is 4. The van der Waals surface area contributed by atoms with Gasteiger partial charge in [-0.15, -0.1) is 0 Å². The number of aliphatic hydroxyl groups is 1. The van der Waals surface area contributed by atoms with Crippen LogP contribution in [0.1, 0.15) is 17.2 Å². The predicted octanol–water partition coefficient (Wildman–Crippen LogP) is 1.84. The Labute approximate surface area is 115 Å². The fourth-order valence-corrected chi connectivity index (χ4v) is 2.45. The molecular formula is C15H14O5. The van der Waals surface area contributed by atoms with Crippen molar-refractivity contribution in [2.75, 3.05) is 0 Å². The molecule has 3 rings (SSSR count). The monoisotopic (exact) mass is 274 g/mol. The molecule has 1 heterocycles. The van der Waals surface area contributed by atoms with E-state index in [1.54, 1.807) is 24.3 Å². The van der Waals surface area contributed by atoms with Gasteiger partial charge >= 0.3 is 0 Å². The van der Waals surface area contributed by atoms with Gasteiger partial charge in [-0.2, -0.15) is 0 Å². The normalized spacial score (nSPS) is 21.1. The Balaban J connectivity index is 2.03. The summed E-state index contributed by atoms with van der Waals surface area (Å²) in [5, 5.41) is 39.3. The number of fused-ring (bicyclic) bond motifs is 1. The minimum absolute atomic E-state index is 0.0696. The molecule has 0 bridgehead atoms. The van der Waals surface area contributed by atoms with Crippen molar-refractivity contribution in [3.8, 4) is 23.0 Å². The molecular weight excluding hydrogens is 260 g/mol. The van der Waals surface area contributed by atoms with E-state index in [4.69, 9.17) is 4.74 Å². The first-order chi connectivity index (χ1) is 9.58. The predicted molar refractivity (Wildman–Crippen MR) is 71.0 cm³/mol. The number of aromatic hydroxyl groups is 3. The van der Waals surface area contributed by atoms with Crippen LogP contribution in [0, 0.1) is 0 Å². The first-order valence-corrected chi connectivity index (χ1v) is 6.24. The number of benzene rings is 2. The maximum absolute atomic E-state index is 10.2. The zero-order valence-corrected chi connectivity index (χ0v) is 10.5. The molecule has 0 radical (unpaired) electrons. The van der Waals surface area contributed by atoms with Gasteiger partial charge in [-0.1, -0.05) is 18.2 Å². The maximum atomic E-state index is 10.2. The molecule has 0 amide bonds.